The van der Waals surface area contributed by atoms with Crippen molar-refractivity contribution in [3.8, 4) is 0 Å². The molecule has 1 aromatic rings. The average molecular weight is 253 g/mol. The zero-order valence-corrected chi connectivity index (χ0v) is 10.7. The number of rotatable bonds is 7. The van der Waals surface area contributed by atoms with E-state index in [9.17, 15) is 9.59 Å². The standard InChI is InChI=1S/C12H19N3O3/c1-3-4-6-10(12(17)18)14-11(16)9(2)15-8-5-7-13-15/h5,7-10H,3-4,6H2,1-2H3,(H,14,16)(H,17,18). The van der Waals surface area contributed by atoms with Crippen LogP contribution >= 0.6 is 0 Å². The first-order chi connectivity index (χ1) is 8.56. The molecule has 0 fully saturated rings. The summed E-state index contributed by atoms with van der Waals surface area (Å²) in [6, 6.07) is 0.383. The van der Waals surface area contributed by atoms with E-state index in [4.69, 9.17) is 5.11 Å². The number of aliphatic carboxylic acids is 1. The lowest BCUT2D eigenvalue weighted by atomic mass is 10.1. The maximum Gasteiger partial charge on any atom is 0.326 e. The molecule has 6 nitrogen and oxygen atoms in total. The molecule has 0 saturated carbocycles. The molecule has 1 amide bonds. The summed E-state index contributed by atoms with van der Waals surface area (Å²) in [5.41, 5.74) is 0. The lowest BCUT2D eigenvalue weighted by Gasteiger charge is -2.17. The van der Waals surface area contributed by atoms with Gasteiger partial charge in [-0.25, -0.2) is 4.79 Å². The molecule has 0 aromatic carbocycles. The lowest BCUT2D eigenvalue weighted by Crippen LogP contribution is -2.43. The Morgan fingerprint density at radius 1 is 1.50 bits per heavy atom. The predicted octanol–water partition coefficient (Wildman–Crippen LogP) is 1.20. The fourth-order valence-electron chi connectivity index (χ4n) is 1.59. The van der Waals surface area contributed by atoms with Crippen LogP contribution in [0.1, 0.15) is 39.2 Å². The smallest absolute Gasteiger partial charge is 0.326 e. The molecule has 0 radical (unpaired) electrons. The number of carboxylic acid groups (broad SMARTS) is 1. The molecule has 2 unspecified atom stereocenters. The van der Waals surface area contributed by atoms with Crippen LogP contribution in [0.3, 0.4) is 0 Å². The minimum Gasteiger partial charge on any atom is -0.480 e. The minimum absolute atomic E-state index is 0.331. The van der Waals surface area contributed by atoms with Crippen LogP contribution in [0.15, 0.2) is 18.5 Å². The molecule has 6 heteroatoms. The molecule has 100 valence electrons. The third kappa shape index (κ3) is 3.87. The number of amides is 1. The summed E-state index contributed by atoms with van der Waals surface area (Å²) in [6.45, 7) is 3.66. The summed E-state index contributed by atoms with van der Waals surface area (Å²) in [5, 5.41) is 15.5. The van der Waals surface area contributed by atoms with Crippen molar-refractivity contribution in [2.24, 2.45) is 0 Å². The summed E-state index contributed by atoms with van der Waals surface area (Å²) in [6.07, 6.45) is 5.37. The normalized spacial score (nSPS) is 13.9. The fourth-order valence-corrected chi connectivity index (χ4v) is 1.59. The highest BCUT2D eigenvalue weighted by molar-refractivity contribution is 5.85. The average Bonchev–Trinajstić information content (AvgIpc) is 2.86. The quantitative estimate of drug-likeness (QED) is 0.764. The summed E-state index contributed by atoms with van der Waals surface area (Å²) in [7, 11) is 0. The Balaban J connectivity index is 2.58. The topological polar surface area (TPSA) is 84.2 Å². The number of carbonyl (C=O) groups excluding carboxylic acids is 1. The number of aromatic nitrogens is 2. The molecular weight excluding hydrogens is 234 g/mol. The van der Waals surface area contributed by atoms with Crippen LogP contribution in [0.25, 0.3) is 0 Å². The molecule has 0 aliphatic rings. The van der Waals surface area contributed by atoms with Gasteiger partial charge in [0.25, 0.3) is 0 Å². The van der Waals surface area contributed by atoms with Crippen molar-refractivity contribution < 1.29 is 14.7 Å². The second kappa shape index (κ2) is 6.78. The van der Waals surface area contributed by atoms with Gasteiger partial charge >= 0.3 is 5.97 Å². The number of hydrogen-bond donors (Lipinski definition) is 2. The van der Waals surface area contributed by atoms with Crippen LogP contribution in [-0.4, -0.2) is 32.8 Å². The Labute approximate surface area is 106 Å². The van der Waals surface area contributed by atoms with Gasteiger partial charge in [0.15, 0.2) is 0 Å². The van der Waals surface area contributed by atoms with Crippen LogP contribution in [0.2, 0.25) is 0 Å². The highest BCUT2D eigenvalue weighted by Gasteiger charge is 2.23. The monoisotopic (exact) mass is 253 g/mol. The molecule has 2 atom stereocenters. The Hall–Kier alpha value is -1.85. The second-order valence-electron chi connectivity index (χ2n) is 4.20. The number of carbonyl (C=O) groups is 2. The Bertz CT molecular complexity index is 389. The minimum atomic E-state index is -0.996. The van der Waals surface area contributed by atoms with Gasteiger partial charge < -0.3 is 10.4 Å². The summed E-state index contributed by atoms with van der Waals surface area (Å²) < 4.78 is 1.49. The number of unbranched alkanes of at least 4 members (excludes halogenated alkanes) is 1. The summed E-state index contributed by atoms with van der Waals surface area (Å²) >= 11 is 0. The predicted molar refractivity (Wildman–Crippen MR) is 66.0 cm³/mol. The summed E-state index contributed by atoms with van der Waals surface area (Å²) in [5.74, 6) is -1.33. The zero-order chi connectivity index (χ0) is 13.5. The molecule has 1 rings (SSSR count). The van der Waals surface area contributed by atoms with E-state index in [1.165, 1.54) is 4.68 Å². The van der Waals surface area contributed by atoms with Gasteiger partial charge in [-0.1, -0.05) is 19.8 Å². The first kappa shape index (κ1) is 14.2. The highest BCUT2D eigenvalue weighted by Crippen LogP contribution is 2.06. The van der Waals surface area contributed by atoms with Gasteiger partial charge in [-0.3, -0.25) is 9.48 Å². The lowest BCUT2D eigenvalue weighted by molar-refractivity contribution is -0.142. The molecule has 1 aromatic heterocycles. The number of nitrogens with one attached hydrogen (secondary N) is 1. The SMILES string of the molecule is CCCCC(NC(=O)C(C)n1cccn1)C(=O)O. The van der Waals surface area contributed by atoms with Crippen LogP contribution in [0.5, 0.6) is 0 Å². The van der Waals surface area contributed by atoms with Crippen molar-refractivity contribution in [1.82, 2.24) is 15.1 Å². The highest BCUT2D eigenvalue weighted by atomic mass is 16.4. The first-order valence-electron chi connectivity index (χ1n) is 6.08. The van der Waals surface area contributed by atoms with E-state index in [1.54, 1.807) is 25.4 Å². The van der Waals surface area contributed by atoms with E-state index >= 15 is 0 Å². The molecular formula is C12H19N3O3. The van der Waals surface area contributed by atoms with Crippen molar-refractivity contribution in [3.05, 3.63) is 18.5 Å². The van der Waals surface area contributed by atoms with Gasteiger partial charge in [0.2, 0.25) is 5.91 Å². The van der Waals surface area contributed by atoms with Crippen molar-refractivity contribution in [2.75, 3.05) is 0 Å². The molecule has 0 aliphatic heterocycles. The molecule has 0 aliphatic carbocycles. The van der Waals surface area contributed by atoms with Crippen LogP contribution in [-0.2, 0) is 9.59 Å². The Morgan fingerprint density at radius 2 is 2.22 bits per heavy atom. The maximum atomic E-state index is 11.9. The molecule has 0 saturated heterocycles. The molecule has 0 spiro atoms. The third-order valence-corrected chi connectivity index (χ3v) is 2.76. The Morgan fingerprint density at radius 3 is 2.72 bits per heavy atom. The molecule has 1 heterocycles. The van der Waals surface area contributed by atoms with E-state index in [0.29, 0.717) is 6.42 Å². The van der Waals surface area contributed by atoms with E-state index in [0.717, 1.165) is 12.8 Å². The third-order valence-electron chi connectivity index (χ3n) is 2.76. The van der Waals surface area contributed by atoms with Crippen molar-refractivity contribution in [3.63, 3.8) is 0 Å². The second-order valence-corrected chi connectivity index (χ2v) is 4.20. The van der Waals surface area contributed by atoms with Crippen molar-refractivity contribution in [1.29, 1.82) is 0 Å². The van der Waals surface area contributed by atoms with E-state index in [1.807, 2.05) is 6.92 Å². The van der Waals surface area contributed by atoms with Gasteiger partial charge in [-0.2, -0.15) is 5.10 Å². The molecule has 2 N–H and O–H groups in total. The van der Waals surface area contributed by atoms with Crippen molar-refractivity contribution >= 4 is 11.9 Å². The van der Waals surface area contributed by atoms with Gasteiger partial charge in [0, 0.05) is 12.4 Å². The van der Waals surface area contributed by atoms with Crippen LogP contribution in [0.4, 0.5) is 0 Å². The van der Waals surface area contributed by atoms with E-state index in [-0.39, 0.29) is 5.91 Å². The first-order valence-corrected chi connectivity index (χ1v) is 6.08. The van der Waals surface area contributed by atoms with E-state index < -0.39 is 18.1 Å². The molecule has 18 heavy (non-hydrogen) atoms. The fraction of sp³-hybridized carbons (Fsp3) is 0.583. The van der Waals surface area contributed by atoms with Crippen molar-refractivity contribution in [2.45, 2.75) is 45.2 Å². The van der Waals surface area contributed by atoms with Gasteiger partial charge in [0.1, 0.15) is 12.1 Å². The zero-order valence-electron chi connectivity index (χ0n) is 10.7. The number of carboxylic acids is 1. The van der Waals surface area contributed by atoms with Gasteiger partial charge in [0.05, 0.1) is 0 Å². The summed E-state index contributed by atoms with van der Waals surface area (Å²) in [4.78, 5) is 22.9. The number of hydrogen-bond acceptors (Lipinski definition) is 3. The van der Waals surface area contributed by atoms with Crippen LogP contribution < -0.4 is 5.32 Å². The van der Waals surface area contributed by atoms with Crippen LogP contribution in [0, 0.1) is 0 Å². The molecule has 0 bridgehead atoms. The van der Waals surface area contributed by atoms with Gasteiger partial charge in [-0.05, 0) is 19.4 Å². The maximum absolute atomic E-state index is 11.9. The van der Waals surface area contributed by atoms with E-state index in [2.05, 4.69) is 10.4 Å². The largest absolute Gasteiger partial charge is 0.480 e. The van der Waals surface area contributed by atoms with Gasteiger partial charge in [-0.15, -0.1) is 0 Å². The Kier molecular flexibility index (Phi) is 5.35. The number of nitrogens with zero attached hydrogens (tertiary/aromatic N) is 2.